The summed E-state index contributed by atoms with van der Waals surface area (Å²) >= 11 is 0. The van der Waals surface area contributed by atoms with Gasteiger partial charge in [-0.05, 0) is 49.2 Å². The van der Waals surface area contributed by atoms with Crippen molar-refractivity contribution in [1.82, 2.24) is 9.80 Å². The first-order valence-electron chi connectivity index (χ1n) is 13.1. The minimum absolute atomic E-state index is 0.0213. The Morgan fingerprint density at radius 2 is 1.42 bits per heavy atom. The van der Waals surface area contributed by atoms with E-state index in [1.165, 1.54) is 16.2 Å². The predicted molar refractivity (Wildman–Crippen MR) is 153 cm³/mol. The SMILES string of the molecule is C/C=C\C=C/[P+](c1ccccc1)(c1ccccc1)C1CCN(C2CCN(Cc3ccccc3)C2)C1=O. The van der Waals surface area contributed by atoms with Gasteiger partial charge in [0.2, 0.25) is 0 Å². The van der Waals surface area contributed by atoms with Crippen LogP contribution in [0.4, 0.5) is 0 Å². The first kappa shape index (κ1) is 24.7. The second-order valence-corrected chi connectivity index (χ2v) is 13.3. The molecular weight excluding hydrogens is 459 g/mol. The van der Waals surface area contributed by atoms with E-state index in [9.17, 15) is 4.79 Å². The van der Waals surface area contributed by atoms with Crippen LogP contribution in [0.5, 0.6) is 0 Å². The summed E-state index contributed by atoms with van der Waals surface area (Å²) in [4.78, 5) is 19.0. The standard InChI is InChI=1S/C32H36N2OP/c1-2-3-13-24-36(29-16-9-5-10-17-29,30-18-11-6-12-19-30)31-21-23-34(32(31)35)28-20-22-33(26-28)25-27-14-7-4-8-15-27/h2-19,24,28,31H,20-23,25-26H2,1H3/q+1/b3-2-,24-13-. The van der Waals surface area contributed by atoms with Gasteiger partial charge >= 0.3 is 0 Å². The van der Waals surface area contributed by atoms with E-state index < -0.39 is 7.26 Å². The quantitative estimate of drug-likeness (QED) is 0.299. The summed E-state index contributed by atoms with van der Waals surface area (Å²) in [5, 5.41) is 2.57. The largest absolute Gasteiger partial charge is 0.335 e. The Labute approximate surface area is 216 Å². The Morgan fingerprint density at radius 3 is 2.03 bits per heavy atom. The van der Waals surface area contributed by atoms with E-state index in [0.29, 0.717) is 11.9 Å². The zero-order valence-corrected chi connectivity index (χ0v) is 22.0. The Morgan fingerprint density at radius 1 is 0.806 bits per heavy atom. The molecule has 2 heterocycles. The van der Waals surface area contributed by atoms with Crippen molar-refractivity contribution in [3.8, 4) is 0 Å². The fourth-order valence-electron chi connectivity index (χ4n) is 5.91. The van der Waals surface area contributed by atoms with E-state index in [1.54, 1.807) is 0 Å². The highest BCUT2D eigenvalue weighted by molar-refractivity contribution is 7.93. The zero-order chi connectivity index (χ0) is 24.8. The topological polar surface area (TPSA) is 23.6 Å². The van der Waals surface area contributed by atoms with Gasteiger partial charge in [0.1, 0.15) is 17.9 Å². The lowest BCUT2D eigenvalue weighted by Gasteiger charge is -2.30. The highest BCUT2D eigenvalue weighted by Crippen LogP contribution is 2.65. The third-order valence-electron chi connectivity index (χ3n) is 7.63. The van der Waals surface area contributed by atoms with Gasteiger partial charge in [0, 0.05) is 38.6 Å². The van der Waals surface area contributed by atoms with Crippen molar-refractivity contribution < 1.29 is 4.79 Å². The molecule has 1 amide bonds. The number of rotatable bonds is 8. The molecular formula is C32H36N2OP+. The number of hydrogen-bond acceptors (Lipinski definition) is 2. The molecule has 2 saturated heterocycles. The van der Waals surface area contributed by atoms with Gasteiger partial charge in [-0.15, -0.1) is 0 Å². The number of hydrogen-bond donors (Lipinski definition) is 0. The van der Waals surface area contributed by atoms with E-state index in [0.717, 1.165) is 39.0 Å². The molecule has 0 saturated carbocycles. The Bertz CT molecular complexity index is 1150. The third-order valence-corrected chi connectivity index (χ3v) is 12.0. The van der Waals surface area contributed by atoms with E-state index in [4.69, 9.17) is 0 Å². The fourth-order valence-corrected chi connectivity index (χ4v) is 10.2. The van der Waals surface area contributed by atoms with Crippen LogP contribution in [0, 0.1) is 0 Å². The van der Waals surface area contributed by atoms with Crippen LogP contribution in [-0.2, 0) is 11.3 Å². The Balaban J connectivity index is 1.45. The van der Waals surface area contributed by atoms with Crippen LogP contribution in [0.25, 0.3) is 0 Å². The summed E-state index contributed by atoms with van der Waals surface area (Å²) < 4.78 is 0. The number of nitrogens with zero attached hydrogens (tertiary/aromatic N) is 2. The van der Waals surface area contributed by atoms with Gasteiger partial charge in [-0.2, -0.15) is 0 Å². The Hall–Kier alpha value is -3.00. The van der Waals surface area contributed by atoms with Gasteiger partial charge in [-0.25, -0.2) is 0 Å². The fraction of sp³-hybridized carbons (Fsp3) is 0.281. The number of amides is 1. The second-order valence-electron chi connectivity index (χ2n) is 9.81. The average Bonchev–Trinajstić information content (AvgIpc) is 3.55. The van der Waals surface area contributed by atoms with Crippen molar-refractivity contribution in [1.29, 1.82) is 0 Å². The molecule has 2 fully saturated rings. The van der Waals surface area contributed by atoms with Crippen LogP contribution in [0.1, 0.15) is 25.3 Å². The molecule has 0 aliphatic carbocycles. The number of allylic oxidation sites excluding steroid dienone is 3. The summed E-state index contributed by atoms with van der Waals surface area (Å²) in [5.74, 6) is 2.72. The maximum absolute atomic E-state index is 14.3. The molecule has 0 N–H and O–H groups in total. The minimum atomic E-state index is -2.12. The van der Waals surface area contributed by atoms with E-state index in [2.05, 4.69) is 125 Å². The molecule has 0 aromatic heterocycles. The van der Waals surface area contributed by atoms with Crippen molar-refractivity contribution in [2.24, 2.45) is 0 Å². The molecule has 2 unspecified atom stereocenters. The average molecular weight is 496 g/mol. The van der Waals surface area contributed by atoms with Crippen molar-refractivity contribution in [2.75, 3.05) is 19.6 Å². The summed E-state index contributed by atoms with van der Waals surface area (Å²) in [5.41, 5.74) is 1.32. The van der Waals surface area contributed by atoms with Crippen LogP contribution in [0.15, 0.2) is 115 Å². The van der Waals surface area contributed by atoms with E-state index in [-0.39, 0.29) is 5.66 Å². The maximum Gasteiger partial charge on any atom is 0.264 e. The number of carbonyl (C=O) groups is 1. The smallest absolute Gasteiger partial charge is 0.264 e. The lowest BCUT2D eigenvalue weighted by atomic mass is 10.2. The molecule has 3 nitrogen and oxygen atoms in total. The van der Waals surface area contributed by atoms with Gasteiger partial charge in [-0.1, -0.05) is 78.9 Å². The summed E-state index contributed by atoms with van der Waals surface area (Å²) in [6, 6.07) is 32.5. The van der Waals surface area contributed by atoms with Gasteiger partial charge in [0.05, 0.1) is 5.82 Å². The third kappa shape index (κ3) is 4.96. The maximum atomic E-state index is 14.3. The molecule has 0 radical (unpaired) electrons. The van der Waals surface area contributed by atoms with Crippen molar-refractivity contribution in [3.63, 3.8) is 0 Å². The second kappa shape index (κ2) is 11.4. The molecule has 2 atom stereocenters. The molecule has 36 heavy (non-hydrogen) atoms. The molecule has 0 bridgehead atoms. The number of benzene rings is 3. The van der Waals surface area contributed by atoms with E-state index in [1.807, 2.05) is 6.92 Å². The summed E-state index contributed by atoms with van der Waals surface area (Å²) in [6.07, 6.45) is 8.29. The van der Waals surface area contributed by atoms with Gasteiger partial charge in [0.25, 0.3) is 5.91 Å². The Kier molecular flexibility index (Phi) is 7.80. The minimum Gasteiger partial charge on any atom is -0.335 e. The molecule has 5 rings (SSSR count). The van der Waals surface area contributed by atoms with Crippen LogP contribution in [0.2, 0.25) is 0 Å². The number of likely N-dealkylation sites (tertiary alicyclic amines) is 2. The lowest BCUT2D eigenvalue weighted by Crippen LogP contribution is -2.42. The zero-order valence-electron chi connectivity index (χ0n) is 21.1. The van der Waals surface area contributed by atoms with Crippen LogP contribution in [-0.4, -0.2) is 47.0 Å². The van der Waals surface area contributed by atoms with Crippen molar-refractivity contribution in [2.45, 2.75) is 38.0 Å². The predicted octanol–water partition coefficient (Wildman–Crippen LogP) is 5.62. The monoisotopic (exact) mass is 495 g/mol. The molecule has 2 aliphatic rings. The first-order chi connectivity index (χ1) is 17.7. The molecule has 4 heteroatoms. The number of carbonyl (C=O) groups excluding carboxylic acids is 1. The van der Waals surface area contributed by atoms with E-state index >= 15 is 0 Å². The van der Waals surface area contributed by atoms with Gasteiger partial charge < -0.3 is 4.90 Å². The van der Waals surface area contributed by atoms with Crippen LogP contribution in [0.3, 0.4) is 0 Å². The molecule has 184 valence electrons. The summed E-state index contributed by atoms with van der Waals surface area (Å²) in [6.45, 7) is 5.86. The molecule has 2 aliphatic heterocycles. The first-order valence-corrected chi connectivity index (χ1v) is 15.0. The van der Waals surface area contributed by atoms with Crippen molar-refractivity contribution in [3.05, 3.63) is 121 Å². The molecule has 0 spiro atoms. The van der Waals surface area contributed by atoms with Gasteiger partial charge in [0.15, 0.2) is 5.66 Å². The van der Waals surface area contributed by atoms with Crippen LogP contribution >= 0.6 is 7.26 Å². The van der Waals surface area contributed by atoms with Crippen molar-refractivity contribution >= 4 is 23.8 Å². The van der Waals surface area contributed by atoms with Gasteiger partial charge in [-0.3, -0.25) is 9.69 Å². The summed E-state index contributed by atoms with van der Waals surface area (Å²) in [7, 11) is -2.12. The normalized spacial score (nSPS) is 21.2. The molecule has 3 aromatic carbocycles. The van der Waals surface area contributed by atoms with Crippen LogP contribution < -0.4 is 10.6 Å². The lowest BCUT2D eigenvalue weighted by molar-refractivity contribution is -0.129. The highest BCUT2D eigenvalue weighted by atomic mass is 31.2. The molecule has 3 aromatic rings. The highest BCUT2D eigenvalue weighted by Gasteiger charge is 2.56.